The maximum absolute atomic E-state index is 14.0. The average Bonchev–Trinajstić information content (AvgIpc) is 3.39. The van der Waals surface area contributed by atoms with Gasteiger partial charge in [-0.15, -0.1) is 0 Å². The molecule has 330 valence electrons. The Hall–Kier alpha value is -4.77. The van der Waals surface area contributed by atoms with Crippen molar-refractivity contribution in [3.8, 4) is 5.75 Å². The second-order valence-electron chi connectivity index (χ2n) is 16.2. The minimum Gasteiger partial charge on any atom is -0.506 e. The molecule has 0 aliphatic carbocycles. The molecule has 2 aromatic rings. The predicted octanol–water partition coefficient (Wildman–Crippen LogP) is 5.88. The van der Waals surface area contributed by atoms with E-state index in [2.05, 4.69) is 17.1 Å². The number of fused-ring (bicyclic) bond motifs is 1. The number of likely N-dealkylation sites (tertiary alicyclic amines) is 2. The Bertz CT molecular complexity index is 1850. The number of carbonyl (C=O) groups is 5. The third-order valence-electron chi connectivity index (χ3n) is 11.9. The lowest BCUT2D eigenvalue weighted by molar-refractivity contribution is -0.151. The van der Waals surface area contributed by atoms with E-state index in [0.717, 1.165) is 43.2 Å². The number of phenols is 1. The number of halogens is 4. The van der Waals surface area contributed by atoms with Crippen molar-refractivity contribution in [2.75, 3.05) is 78.9 Å². The molecular weight excluding hydrogens is 809 g/mol. The first-order chi connectivity index (χ1) is 28.4. The molecule has 5 rings (SSSR count). The maximum atomic E-state index is 14.0. The summed E-state index contributed by atoms with van der Waals surface area (Å²) in [5, 5.41) is 12.5. The van der Waals surface area contributed by atoms with Gasteiger partial charge in [-0.1, -0.05) is 36.7 Å². The van der Waals surface area contributed by atoms with Gasteiger partial charge in [-0.25, -0.2) is 9.59 Å². The molecule has 2 N–H and O–H groups in total. The first kappa shape index (κ1) is 46.3. The third kappa shape index (κ3) is 12.4. The molecule has 2 atom stereocenters. The monoisotopic (exact) mass is 864 g/mol. The molecule has 0 saturated carbocycles. The van der Waals surface area contributed by atoms with Crippen LogP contribution in [-0.2, 0) is 42.9 Å². The van der Waals surface area contributed by atoms with Gasteiger partial charge in [-0.2, -0.15) is 13.2 Å². The number of likely N-dealkylation sites (N-methyl/N-ethyl adjacent to an activating group) is 2. The summed E-state index contributed by atoms with van der Waals surface area (Å²) in [4.78, 5) is 72.7. The lowest BCUT2D eigenvalue weighted by Gasteiger charge is -2.38. The van der Waals surface area contributed by atoms with E-state index in [1.165, 1.54) is 14.7 Å². The summed E-state index contributed by atoms with van der Waals surface area (Å²) in [7, 11) is 4.74. The number of benzene rings is 2. The minimum absolute atomic E-state index is 0.0491. The van der Waals surface area contributed by atoms with Crippen molar-refractivity contribution in [3.63, 3.8) is 0 Å². The molecule has 2 fully saturated rings. The van der Waals surface area contributed by atoms with E-state index in [-0.39, 0.29) is 55.6 Å². The van der Waals surface area contributed by atoms with Gasteiger partial charge in [0.05, 0.1) is 17.0 Å². The van der Waals surface area contributed by atoms with Gasteiger partial charge >= 0.3 is 24.3 Å². The average molecular weight is 865 g/mol. The zero-order valence-electron chi connectivity index (χ0n) is 34.6. The van der Waals surface area contributed by atoms with Gasteiger partial charge in [0, 0.05) is 72.0 Å². The summed E-state index contributed by atoms with van der Waals surface area (Å²) < 4.78 is 52.3. The lowest BCUT2D eigenvalue weighted by atomic mass is 9.83. The molecule has 0 bridgehead atoms. The van der Waals surface area contributed by atoms with Gasteiger partial charge in [-0.05, 0) is 92.8 Å². The van der Waals surface area contributed by atoms with E-state index >= 15 is 0 Å². The second-order valence-corrected chi connectivity index (χ2v) is 16.6. The van der Waals surface area contributed by atoms with Crippen LogP contribution in [0.3, 0.4) is 0 Å². The number of para-hydroxylation sites is 1. The van der Waals surface area contributed by atoms with Crippen LogP contribution in [0, 0.1) is 11.8 Å². The number of nitrogens with zero attached hydrogens (tertiary/aromatic N) is 5. The Labute approximate surface area is 353 Å². The fraction of sp³-hybridized carbons (Fsp3) is 0.595. The summed E-state index contributed by atoms with van der Waals surface area (Å²) in [6.07, 6.45) is -3.50. The number of urea groups is 1. The molecule has 1 unspecified atom stereocenters. The van der Waals surface area contributed by atoms with Gasteiger partial charge in [0.1, 0.15) is 5.75 Å². The molecule has 0 spiro atoms. The van der Waals surface area contributed by atoms with Gasteiger partial charge < -0.3 is 44.4 Å². The van der Waals surface area contributed by atoms with Crippen LogP contribution in [0.5, 0.6) is 5.75 Å². The van der Waals surface area contributed by atoms with Crippen molar-refractivity contribution in [1.29, 1.82) is 0 Å². The van der Waals surface area contributed by atoms with Gasteiger partial charge in [-0.3, -0.25) is 14.4 Å². The van der Waals surface area contributed by atoms with Crippen LogP contribution in [0.15, 0.2) is 36.4 Å². The SMILES string of the molecule is CC(CCN(C)C(=O)[C@@H](Cc1cc(Cl)c(O)c(C(F)(F)F)c1)OC(=O)N1CCC(N2CCc3ccccc3NC2=O)CC1)C1CCN(CCC(=O)OCC(=O)N(C)C)CC1. The number of rotatable bonds is 14. The number of hydrogen-bond acceptors (Lipinski definition) is 9. The number of amides is 5. The number of phenolic OH excluding ortho intramolecular Hbond substituents is 1. The van der Waals surface area contributed by atoms with Crippen LogP contribution in [0.1, 0.15) is 62.1 Å². The van der Waals surface area contributed by atoms with E-state index in [4.69, 9.17) is 21.1 Å². The molecule has 5 amide bonds. The number of anilines is 1. The number of ether oxygens (including phenoxy) is 2. The number of carbonyl (C=O) groups excluding carboxylic acids is 5. The lowest BCUT2D eigenvalue weighted by Crippen LogP contribution is -2.51. The van der Waals surface area contributed by atoms with Crippen LogP contribution in [0.2, 0.25) is 5.02 Å². The van der Waals surface area contributed by atoms with Crippen molar-refractivity contribution >= 4 is 47.2 Å². The minimum atomic E-state index is -4.93. The molecule has 2 aromatic carbocycles. The molecule has 60 heavy (non-hydrogen) atoms. The number of alkyl halides is 3. The summed E-state index contributed by atoms with van der Waals surface area (Å²) in [5.41, 5.74) is 0.388. The van der Waals surface area contributed by atoms with Crippen LogP contribution >= 0.6 is 11.6 Å². The van der Waals surface area contributed by atoms with Gasteiger partial charge in [0.2, 0.25) is 0 Å². The predicted molar refractivity (Wildman–Crippen MR) is 217 cm³/mol. The molecule has 3 aliphatic heterocycles. The molecule has 3 heterocycles. The topological polar surface area (TPSA) is 152 Å². The Morgan fingerprint density at radius 1 is 1.00 bits per heavy atom. The fourth-order valence-corrected chi connectivity index (χ4v) is 8.25. The van der Waals surface area contributed by atoms with Crippen LogP contribution in [-0.4, -0.2) is 145 Å². The number of aromatic hydroxyl groups is 1. The largest absolute Gasteiger partial charge is 0.506 e. The number of piperidine rings is 2. The molecule has 0 radical (unpaired) electrons. The molecule has 18 heteroatoms. The maximum Gasteiger partial charge on any atom is 0.420 e. The molecule has 2 saturated heterocycles. The Balaban J connectivity index is 1.16. The Morgan fingerprint density at radius 3 is 2.35 bits per heavy atom. The quantitative estimate of drug-likeness (QED) is 0.222. The first-order valence-electron chi connectivity index (χ1n) is 20.4. The van der Waals surface area contributed by atoms with Crippen molar-refractivity contribution in [3.05, 3.63) is 58.1 Å². The van der Waals surface area contributed by atoms with Crippen molar-refractivity contribution in [2.24, 2.45) is 11.8 Å². The van der Waals surface area contributed by atoms with E-state index in [1.807, 2.05) is 24.3 Å². The van der Waals surface area contributed by atoms with E-state index in [0.29, 0.717) is 57.3 Å². The first-order valence-corrected chi connectivity index (χ1v) is 20.8. The molecule has 0 aromatic heterocycles. The summed E-state index contributed by atoms with van der Waals surface area (Å²) in [6, 6.07) is 9.08. The van der Waals surface area contributed by atoms with Gasteiger partial charge in [0.15, 0.2) is 12.7 Å². The van der Waals surface area contributed by atoms with Crippen LogP contribution < -0.4 is 5.32 Å². The standard InChI is InChI=1S/C42H56ClF3N6O8/c1-27(29-10-17-50(18-11-29)19-15-37(54)59-26-36(53)48(2)3)9-16-49(4)39(56)35(25-28-23-32(42(44,45)46)38(55)33(43)24-28)60-41(58)51-20-13-31(14-21-51)52-22-12-30-7-5-6-8-34(30)47-40(52)57/h5-8,23-24,27,29,31,35,55H,9-22,25-26H2,1-4H3,(H,47,57)/t27?,35-/m1/s1. The second kappa shape index (κ2) is 20.7. The summed E-state index contributed by atoms with van der Waals surface area (Å²) >= 11 is 6.00. The van der Waals surface area contributed by atoms with Crippen molar-refractivity contribution in [1.82, 2.24) is 24.5 Å². The van der Waals surface area contributed by atoms with E-state index in [1.54, 1.807) is 26.0 Å². The highest BCUT2D eigenvalue weighted by Crippen LogP contribution is 2.41. The summed E-state index contributed by atoms with van der Waals surface area (Å²) in [6.45, 7) is 5.16. The van der Waals surface area contributed by atoms with E-state index in [9.17, 15) is 42.3 Å². The highest BCUT2D eigenvalue weighted by atomic mass is 35.5. The number of hydrogen-bond donors (Lipinski definition) is 2. The van der Waals surface area contributed by atoms with Crippen LogP contribution in [0.4, 0.5) is 28.4 Å². The summed E-state index contributed by atoms with van der Waals surface area (Å²) in [5.74, 6) is -1.90. The fourth-order valence-electron chi connectivity index (χ4n) is 8.00. The van der Waals surface area contributed by atoms with Crippen LogP contribution in [0.25, 0.3) is 0 Å². The van der Waals surface area contributed by atoms with E-state index < -0.39 is 53.0 Å². The zero-order chi connectivity index (χ0) is 43.7. The van der Waals surface area contributed by atoms with Gasteiger partial charge in [0.25, 0.3) is 11.8 Å². The zero-order valence-corrected chi connectivity index (χ0v) is 35.4. The third-order valence-corrected chi connectivity index (χ3v) is 12.2. The Morgan fingerprint density at radius 2 is 1.68 bits per heavy atom. The molecule has 14 nitrogen and oxygen atoms in total. The normalized spacial score (nSPS) is 17.8. The number of esters is 1. The highest BCUT2D eigenvalue weighted by Gasteiger charge is 2.38. The van der Waals surface area contributed by atoms with Crippen molar-refractivity contribution < 1.29 is 51.7 Å². The molecular formula is C42H56ClF3N6O8. The smallest absolute Gasteiger partial charge is 0.420 e. The number of nitrogens with one attached hydrogen (secondary N) is 1. The molecule has 3 aliphatic rings. The highest BCUT2D eigenvalue weighted by molar-refractivity contribution is 6.32. The Kier molecular flexibility index (Phi) is 15.9. The van der Waals surface area contributed by atoms with Crippen molar-refractivity contribution in [2.45, 2.75) is 76.6 Å².